The fraction of sp³-hybridized carbons (Fsp3) is 0.917. The third-order valence-corrected chi connectivity index (χ3v) is 11.3. The Labute approximate surface area is 287 Å². The molecule has 280 valence electrons. The van der Waals surface area contributed by atoms with E-state index in [1.807, 2.05) is 34.6 Å². The largest absolute Gasteiger partial charge is 0.457 e. The van der Waals surface area contributed by atoms with Gasteiger partial charge in [0.25, 0.3) is 0 Å². The first-order valence-electron chi connectivity index (χ1n) is 17.9. The predicted octanol–water partition coefficient (Wildman–Crippen LogP) is 2.93. The van der Waals surface area contributed by atoms with Crippen molar-refractivity contribution in [2.75, 3.05) is 14.2 Å². The Morgan fingerprint density at radius 2 is 1.56 bits per heavy atom. The van der Waals surface area contributed by atoms with E-state index in [1.165, 1.54) is 7.11 Å². The van der Waals surface area contributed by atoms with E-state index in [0.717, 1.165) is 0 Å². The van der Waals surface area contributed by atoms with Crippen LogP contribution in [-0.2, 0) is 33.2 Å². The van der Waals surface area contributed by atoms with Gasteiger partial charge in [-0.2, -0.15) is 0 Å². The molecule has 3 heterocycles. The minimum atomic E-state index is -1.10. The van der Waals surface area contributed by atoms with E-state index < -0.39 is 90.7 Å². The maximum absolute atomic E-state index is 14.0. The van der Waals surface area contributed by atoms with E-state index in [2.05, 4.69) is 11.9 Å². The zero-order valence-electron chi connectivity index (χ0n) is 31.0. The monoisotopic (exact) mass is 687 g/mol. The second-order valence-electron chi connectivity index (χ2n) is 15.1. The number of aliphatic hydroxyl groups excluding tert-OH is 4. The predicted molar refractivity (Wildman–Crippen MR) is 180 cm³/mol. The number of hydrogen-bond acceptors (Lipinski definition) is 12. The Hall–Kier alpha value is -1.19. The molecule has 5 N–H and O–H groups in total. The molecule has 12 heteroatoms. The summed E-state index contributed by atoms with van der Waals surface area (Å²) in [6.45, 7) is 20.8. The van der Waals surface area contributed by atoms with Gasteiger partial charge >= 0.3 is 5.97 Å². The lowest BCUT2D eigenvalue weighted by atomic mass is 9.77. The summed E-state index contributed by atoms with van der Waals surface area (Å²) < 4.78 is 37.5. The van der Waals surface area contributed by atoms with Crippen molar-refractivity contribution in [2.45, 2.75) is 167 Å². The van der Waals surface area contributed by atoms with Gasteiger partial charge in [0, 0.05) is 31.4 Å². The van der Waals surface area contributed by atoms with Gasteiger partial charge in [0.1, 0.15) is 18.3 Å². The van der Waals surface area contributed by atoms with Crippen LogP contribution in [-0.4, -0.2) is 120 Å². The molecule has 3 saturated heterocycles. The molecule has 0 bridgehead atoms. The minimum absolute atomic E-state index is 0.182. The van der Waals surface area contributed by atoms with E-state index in [4.69, 9.17) is 28.4 Å². The number of nitrogens with one attached hydrogen (secondary N) is 1. The van der Waals surface area contributed by atoms with Gasteiger partial charge in [-0.15, -0.1) is 0 Å². The minimum Gasteiger partial charge on any atom is -0.457 e. The van der Waals surface area contributed by atoms with Crippen molar-refractivity contribution in [1.82, 2.24) is 5.32 Å². The summed E-state index contributed by atoms with van der Waals surface area (Å²) in [5, 5.41) is 48.0. The van der Waals surface area contributed by atoms with Crippen molar-refractivity contribution >= 4 is 5.97 Å². The number of hydrogen-bond donors (Lipinski definition) is 5. The van der Waals surface area contributed by atoms with Gasteiger partial charge in [0.05, 0.1) is 48.1 Å². The standard InChI is InChI=1S/C36H65NO11/c1-13-26-20(5)29(39)21(6)28(38)17(2)14-18(3)31(48-35-30(40)25(37-11)15-19(4)44-35)22(7)32(23(8)34(42)46-26)47-27-16-36(10,43-12)33(41)24(9)45-27/h17-19,21-33,35,37-41H,5,13-16H2,1-4,6-12H3/t17-,18?,19?,21+,22?,23?,24?,25?,26?,27+,28+,29+,30-,31+,32?,33+,35?,36-/m1/s1. The highest BCUT2D eigenvalue weighted by molar-refractivity contribution is 5.73. The molecule has 18 atom stereocenters. The van der Waals surface area contributed by atoms with Crippen LogP contribution in [0, 0.1) is 29.6 Å². The van der Waals surface area contributed by atoms with Gasteiger partial charge < -0.3 is 54.2 Å². The van der Waals surface area contributed by atoms with E-state index in [9.17, 15) is 25.2 Å². The number of cyclic esters (lactones) is 1. The van der Waals surface area contributed by atoms with Crippen molar-refractivity contribution in [1.29, 1.82) is 0 Å². The van der Waals surface area contributed by atoms with Crippen molar-refractivity contribution < 1.29 is 53.6 Å². The van der Waals surface area contributed by atoms with Crippen LogP contribution in [0.5, 0.6) is 0 Å². The molecule has 48 heavy (non-hydrogen) atoms. The van der Waals surface area contributed by atoms with Gasteiger partial charge in [0.2, 0.25) is 0 Å². The molecule has 0 radical (unpaired) electrons. The van der Waals surface area contributed by atoms with Gasteiger partial charge in [-0.25, -0.2) is 0 Å². The van der Waals surface area contributed by atoms with E-state index in [1.54, 1.807) is 34.7 Å². The van der Waals surface area contributed by atoms with E-state index >= 15 is 0 Å². The molecule has 0 aromatic rings. The molecular formula is C36H65NO11. The number of esters is 1. The summed E-state index contributed by atoms with van der Waals surface area (Å²) in [5.74, 6) is -2.92. The smallest absolute Gasteiger partial charge is 0.311 e. The highest BCUT2D eigenvalue weighted by Crippen LogP contribution is 2.39. The average molecular weight is 688 g/mol. The van der Waals surface area contributed by atoms with Gasteiger partial charge in [0.15, 0.2) is 12.6 Å². The van der Waals surface area contributed by atoms with Crippen molar-refractivity contribution in [3.63, 3.8) is 0 Å². The van der Waals surface area contributed by atoms with Crippen LogP contribution in [0.4, 0.5) is 0 Å². The molecule has 0 amide bonds. The van der Waals surface area contributed by atoms with Crippen molar-refractivity contribution in [3.05, 3.63) is 12.2 Å². The Morgan fingerprint density at radius 3 is 2.15 bits per heavy atom. The average Bonchev–Trinajstić information content (AvgIpc) is 3.05. The zero-order chi connectivity index (χ0) is 36.2. The number of ether oxygens (including phenoxy) is 6. The molecule has 12 nitrogen and oxygen atoms in total. The topological polar surface area (TPSA) is 165 Å². The molecule has 9 unspecified atom stereocenters. The van der Waals surface area contributed by atoms with Crippen molar-refractivity contribution in [3.8, 4) is 0 Å². The van der Waals surface area contributed by atoms with E-state index in [0.29, 0.717) is 24.8 Å². The second kappa shape index (κ2) is 17.4. The van der Waals surface area contributed by atoms with Crippen LogP contribution < -0.4 is 5.32 Å². The molecular weight excluding hydrogens is 622 g/mol. The number of likely N-dealkylation sites (N-methyl/N-ethyl adjacent to an activating group) is 1. The molecule has 3 rings (SSSR count). The zero-order valence-corrected chi connectivity index (χ0v) is 31.0. The molecule has 0 saturated carbocycles. The quantitative estimate of drug-likeness (QED) is 0.197. The molecule has 0 aliphatic carbocycles. The summed E-state index contributed by atoms with van der Waals surface area (Å²) in [5.41, 5.74) is -0.624. The number of methoxy groups -OCH3 is 1. The number of carbonyl (C=O) groups excluding carboxylic acids is 1. The highest BCUT2D eigenvalue weighted by Gasteiger charge is 2.49. The Kier molecular flexibility index (Phi) is 14.9. The number of aliphatic hydroxyl groups is 4. The normalized spacial score (nSPS) is 48.9. The number of rotatable bonds is 7. The molecule has 3 aliphatic heterocycles. The highest BCUT2D eigenvalue weighted by atomic mass is 16.7. The number of carbonyl (C=O) groups is 1. The van der Waals surface area contributed by atoms with Crippen LogP contribution in [0.3, 0.4) is 0 Å². The summed E-state index contributed by atoms with van der Waals surface area (Å²) in [7, 11) is 3.32. The Balaban J connectivity index is 2.09. The third-order valence-electron chi connectivity index (χ3n) is 11.3. The molecule has 0 aromatic heterocycles. The Morgan fingerprint density at radius 1 is 0.917 bits per heavy atom. The summed E-state index contributed by atoms with van der Waals surface area (Å²) >= 11 is 0. The van der Waals surface area contributed by atoms with Gasteiger partial charge in [-0.3, -0.25) is 4.79 Å². The molecule has 0 aromatic carbocycles. The molecule has 3 aliphatic rings. The lowest BCUT2D eigenvalue weighted by molar-refractivity contribution is -0.307. The van der Waals surface area contributed by atoms with Crippen molar-refractivity contribution in [2.24, 2.45) is 29.6 Å². The lowest BCUT2D eigenvalue weighted by Gasteiger charge is -2.47. The molecule has 3 fully saturated rings. The van der Waals surface area contributed by atoms with Crippen LogP contribution in [0.2, 0.25) is 0 Å². The van der Waals surface area contributed by atoms with Crippen LogP contribution in [0.1, 0.15) is 88.0 Å². The first-order valence-corrected chi connectivity index (χ1v) is 17.9. The maximum atomic E-state index is 14.0. The Bertz CT molecular complexity index is 1050. The summed E-state index contributed by atoms with van der Waals surface area (Å²) in [4.78, 5) is 14.0. The summed E-state index contributed by atoms with van der Waals surface area (Å²) in [6, 6.07) is -0.249. The SMILES string of the molecule is C=C1C(CC)OC(=O)C(C)C(O[C@H]2C[C@@](C)(OC)[C@@H](O)C(C)O2)C(C)[C@@H](OC2OC(C)CC(NC)[C@H]2O)C(C)C[C@@H](C)[C@H](O)[C@H](C)[C@H]1O. The van der Waals surface area contributed by atoms with Gasteiger partial charge in [-0.1, -0.05) is 41.2 Å². The van der Waals surface area contributed by atoms with Crippen LogP contribution in [0.25, 0.3) is 0 Å². The lowest BCUT2D eigenvalue weighted by Crippen LogP contribution is -2.58. The fourth-order valence-corrected chi connectivity index (χ4v) is 7.93. The first kappa shape index (κ1) is 41.2. The van der Waals surface area contributed by atoms with Crippen LogP contribution in [0.15, 0.2) is 12.2 Å². The maximum Gasteiger partial charge on any atom is 0.311 e. The van der Waals surface area contributed by atoms with Gasteiger partial charge in [-0.05, 0) is 71.4 Å². The summed E-state index contributed by atoms with van der Waals surface area (Å²) in [6.07, 6.45) is -6.98. The fourth-order valence-electron chi connectivity index (χ4n) is 7.93. The second-order valence-corrected chi connectivity index (χ2v) is 15.1. The first-order chi connectivity index (χ1) is 22.4. The van der Waals surface area contributed by atoms with Crippen LogP contribution >= 0.6 is 0 Å². The molecule has 0 spiro atoms. The third kappa shape index (κ3) is 9.18. The van der Waals surface area contributed by atoms with E-state index in [-0.39, 0.29) is 30.4 Å².